The summed E-state index contributed by atoms with van der Waals surface area (Å²) in [6, 6.07) is 8.08. The molecule has 0 radical (unpaired) electrons. The van der Waals surface area contributed by atoms with Gasteiger partial charge in [0.05, 0.1) is 23.5 Å². The van der Waals surface area contributed by atoms with Crippen LogP contribution in [0.2, 0.25) is 0 Å². The van der Waals surface area contributed by atoms with Crippen LogP contribution in [-0.4, -0.2) is 54.2 Å². The van der Waals surface area contributed by atoms with Crippen LogP contribution in [0.25, 0.3) is 22.4 Å². The third-order valence-electron chi connectivity index (χ3n) is 6.20. The van der Waals surface area contributed by atoms with E-state index in [2.05, 4.69) is 25.1 Å². The number of nitrogens with zero attached hydrogens (tertiary/aromatic N) is 7. The van der Waals surface area contributed by atoms with Crippen LogP contribution in [0.15, 0.2) is 42.9 Å². The minimum atomic E-state index is -0.623. The first-order valence-corrected chi connectivity index (χ1v) is 11.5. The molecule has 4 aromatic rings. The van der Waals surface area contributed by atoms with Crippen LogP contribution in [0, 0.1) is 5.82 Å². The van der Waals surface area contributed by atoms with Crippen molar-refractivity contribution in [3.63, 3.8) is 0 Å². The molecule has 0 fully saturated rings. The minimum Gasteiger partial charge on any atom is -0.384 e. The Balaban J connectivity index is 1.45. The van der Waals surface area contributed by atoms with Gasteiger partial charge in [-0.2, -0.15) is 0 Å². The summed E-state index contributed by atoms with van der Waals surface area (Å²) in [6.07, 6.45) is 3.76. The molecule has 4 heterocycles. The van der Waals surface area contributed by atoms with Gasteiger partial charge in [-0.05, 0) is 30.7 Å². The van der Waals surface area contributed by atoms with Gasteiger partial charge >= 0.3 is 0 Å². The molecule has 2 N–H and O–H groups in total. The molecule has 11 heteroatoms. The standard InChI is InChI=1S/C25H25FN8O2/c1-3-19-23(16-5-7-20(27)28-11-16)24(30-14-29-19)15-4-6-17(18(26)10-15)25(35)33-8-9-34-21(12-33)31-32-22(34)13-36-2/h4-7,10-11,14H,3,8-9,12-13H2,1-2H3,(H2,27,28). The van der Waals surface area contributed by atoms with E-state index in [1.54, 1.807) is 30.3 Å². The largest absolute Gasteiger partial charge is 0.384 e. The Morgan fingerprint density at radius 2 is 1.94 bits per heavy atom. The van der Waals surface area contributed by atoms with E-state index in [4.69, 9.17) is 10.5 Å². The zero-order valence-corrected chi connectivity index (χ0v) is 20.0. The minimum absolute atomic E-state index is 0.00990. The van der Waals surface area contributed by atoms with E-state index in [1.807, 2.05) is 17.6 Å². The van der Waals surface area contributed by atoms with Gasteiger partial charge in [0.1, 0.15) is 24.6 Å². The summed E-state index contributed by atoms with van der Waals surface area (Å²) in [5.74, 6) is 0.728. The maximum absolute atomic E-state index is 15.3. The van der Waals surface area contributed by atoms with Crippen LogP contribution in [0.5, 0.6) is 0 Å². The number of nitrogen functional groups attached to an aromatic ring is 1. The number of fused-ring (bicyclic) bond motifs is 1. The van der Waals surface area contributed by atoms with Gasteiger partial charge in [0, 0.05) is 43.1 Å². The third-order valence-corrected chi connectivity index (χ3v) is 6.20. The molecule has 0 bridgehead atoms. The molecule has 0 unspecified atom stereocenters. The molecule has 10 nitrogen and oxygen atoms in total. The van der Waals surface area contributed by atoms with Crippen LogP contribution in [0.4, 0.5) is 10.2 Å². The zero-order valence-electron chi connectivity index (χ0n) is 20.0. The Labute approximate surface area is 207 Å². The first kappa shape index (κ1) is 23.5. The monoisotopic (exact) mass is 488 g/mol. The molecule has 1 aliphatic heterocycles. The van der Waals surface area contributed by atoms with Crippen molar-refractivity contribution in [3.8, 4) is 22.4 Å². The molecule has 3 aromatic heterocycles. The van der Waals surface area contributed by atoms with Crippen molar-refractivity contribution in [2.24, 2.45) is 0 Å². The van der Waals surface area contributed by atoms with E-state index < -0.39 is 11.7 Å². The molecule has 1 aliphatic rings. The van der Waals surface area contributed by atoms with Gasteiger partial charge in [-0.15, -0.1) is 10.2 Å². The Morgan fingerprint density at radius 3 is 2.67 bits per heavy atom. The second-order valence-electron chi connectivity index (χ2n) is 8.41. The molecule has 0 aliphatic carbocycles. The summed E-state index contributed by atoms with van der Waals surface area (Å²) in [4.78, 5) is 27.8. The highest BCUT2D eigenvalue weighted by molar-refractivity contribution is 5.95. The summed E-state index contributed by atoms with van der Waals surface area (Å²) in [6.45, 7) is 3.51. The van der Waals surface area contributed by atoms with Crippen molar-refractivity contribution in [1.82, 2.24) is 34.6 Å². The highest BCUT2D eigenvalue weighted by atomic mass is 19.1. The second kappa shape index (κ2) is 9.78. The molecule has 36 heavy (non-hydrogen) atoms. The molecule has 0 saturated carbocycles. The fourth-order valence-corrected chi connectivity index (χ4v) is 4.40. The molecule has 1 amide bonds. The lowest BCUT2D eigenvalue weighted by molar-refractivity contribution is 0.0699. The van der Waals surface area contributed by atoms with Crippen LogP contribution < -0.4 is 5.73 Å². The number of rotatable bonds is 6. The van der Waals surface area contributed by atoms with Crippen molar-refractivity contribution in [1.29, 1.82) is 0 Å². The summed E-state index contributed by atoms with van der Waals surface area (Å²) in [7, 11) is 1.59. The van der Waals surface area contributed by atoms with E-state index >= 15 is 4.39 Å². The number of anilines is 1. The lowest BCUT2D eigenvalue weighted by atomic mass is 9.96. The summed E-state index contributed by atoms with van der Waals surface area (Å²) < 4.78 is 22.4. The number of ether oxygens (including phenoxy) is 1. The Hall–Kier alpha value is -4.25. The van der Waals surface area contributed by atoms with E-state index in [0.29, 0.717) is 54.8 Å². The average molecular weight is 489 g/mol. The Bertz CT molecular complexity index is 1420. The summed E-state index contributed by atoms with van der Waals surface area (Å²) >= 11 is 0. The number of halogens is 1. The van der Waals surface area contributed by atoms with Crippen LogP contribution in [0.3, 0.4) is 0 Å². The average Bonchev–Trinajstić information content (AvgIpc) is 3.30. The lowest BCUT2D eigenvalue weighted by Gasteiger charge is -2.28. The topological polar surface area (TPSA) is 125 Å². The number of hydrogen-bond donors (Lipinski definition) is 1. The van der Waals surface area contributed by atoms with Gasteiger partial charge in [0.2, 0.25) is 0 Å². The first-order chi connectivity index (χ1) is 17.5. The van der Waals surface area contributed by atoms with Crippen molar-refractivity contribution in [2.75, 3.05) is 19.4 Å². The maximum Gasteiger partial charge on any atom is 0.257 e. The summed E-state index contributed by atoms with van der Waals surface area (Å²) in [5.41, 5.74) is 9.18. The lowest BCUT2D eigenvalue weighted by Crippen LogP contribution is -2.39. The normalized spacial score (nSPS) is 13.0. The Kier molecular flexibility index (Phi) is 6.38. The van der Waals surface area contributed by atoms with Gasteiger partial charge in [0.15, 0.2) is 11.6 Å². The Morgan fingerprint density at radius 1 is 1.11 bits per heavy atom. The number of pyridine rings is 1. The number of benzene rings is 1. The number of carbonyl (C=O) groups is 1. The van der Waals surface area contributed by atoms with Crippen LogP contribution >= 0.6 is 0 Å². The van der Waals surface area contributed by atoms with Gasteiger partial charge < -0.3 is 19.9 Å². The molecular formula is C25H25FN8O2. The van der Waals surface area contributed by atoms with E-state index in [0.717, 1.165) is 16.8 Å². The molecule has 1 aromatic carbocycles. The van der Waals surface area contributed by atoms with E-state index in [1.165, 1.54) is 18.5 Å². The molecule has 0 spiro atoms. The highest BCUT2D eigenvalue weighted by Gasteiger charge is 2.27. The SMILES string of the molecule is CCc1ncnc(-c2ccc(C(=O)N3CCn4c(COC)nnc4C3)c(F)c2)c1-c1ccc(N)nc1. The van der Waals surface area contributed by atoms with E-state index in [9.17, 15) is 4.79 Å². The van der Waals surface area contributed by atoms with Crippen molar-refractivity contribution < 1.29 is 13.9 Å². The van der Waals surface area contributed by atoms with Crippen molar-refractivity contribution in [2.45, 2.75) is 33.0 Å². The predicted octanol–water partition coefficient (Wildman–Crippen LogP) is 2.88. The maximum atomic E-state index is 15.3. The van der Waals surface area contributed by atoms with Crippen LogP contribution in [0.1, 0.15) is 34.6 Å². The van der Waals surface area contributed by atoms with Gasteiger partial charge in [-0.25, -0.2) is 19.3 Å². The van der Waals surface area contributed by atoms with Crippen molar-refractivity contribution >= 4 is 11.7 Å². The molecule has 0 atom stereocenters. The molecule has 0 saturated heterocycles. The number of aromatic nitrogens is 6. The number of methoxy groups -OCH3 is 1. The van der Waals surface area contributed by atoms with Crippen LogP contribution in [-0.2, 0) is 30.9 Å². The molecular weight excluding hydrogens is 463 g/mol. The van der Waals surface area contributed by atoms with Gasteiger partial charge in [-0.3, -0.25) is 4.79 Å². The quantitative estimate of drug-likeness (QED) is 0.439. The summed E-state index contributed by atoms with van der Waals surface area (Å²) in [5, 5.41) is 8.28. The molecule has 184 valence electrons. The number of amides is 1. The fourth-order valence-electron chi connectivity index (χ4n) is 4.40. The number of carbonyl (C=O) groups excluding carboxylic acids is 1. The highest BCUT2D eigenvalue weighted by Crippen LogP contribution is 2.33. The number of hydrogen-bond acceptors (Lipinski definition) is 8. The number of nitrogens with two attached hydrogens (primary N) is 1. The third kappa shape index (κ3) is 4.29. The number of aryl methyl sites for hydroxylation is 1. The predicted molar refractivity (Wildman–Crippen MR) is 130 cm³/mol. The fraction of sp³-hybridized carbons (Fsp3) is 0.280. The van der Waals surface area contributed by atoms with Gasteiger partial charge in [0.25, 0.3) is 5.91 Å². The first-order valence-electron chi connectivity index (χ1n) is 11.5. The van der Waals surface area contributed by atoms with Crippen molar-refractivity contribution in [3.05, 3.63) is 71.6 Å². The van der Waals surface area contributed by atoms with E-state index in [-0.39, 0.29) is 12.1 Å². The van der Waals surface area contributed by atoms with Gasteiger partial charge in [-0.1, -0.05) is 13.0 Å². The zero-order chi connectivity index (χ0) is 25.2. The molecule has 5 rings (SSSR count). The second-order valence-corrected chi connectivity index (χ2v) is 8.41. The smallest absolute Gasteiger partial charge is 0.257 e.